The van der Waals surface area contributed by atoms with Gasteiger partial charge < -0.3 is 5.32 Å². The molecule has 1 nitrogen and oxygen atoms in total. The van der Waals surface area contributed by atoms with Crippen LogP contribution in [-0.4, -0.2) is 12.6 Å². The van der Waals surface area contributed by atoms with E-state index < -0.39 is 0 Å². The van der Waals surface area contributed by atoms with Gasteiger partial charge >= 0.3 is 0 Å². The molecule has 0 aliphatic carbocycles. The van der Waals surface area contributed by atoms with Crippen molar-refractivity contribution in [3.63, 3.8) is 0 Å². The van der Waals surface area contributed by atoms with Gasteiger partial charge in [0.05, 0.1) is 0 Å². The van der Waals surface area contributed by atoms with Gasteiger partial charge in [-0.3, -0.25) is 0 Å². The van der Waals surface area contributed by atoms with Crippen LogP contribution in [0.3, 0.4) is 0 Å². The first-order valence-corrected chi connectivity index (χ1v) is 7.61. The first-order chi connectivity index (χ1) is 9.15. The van der Waals surface area contributed by atoms with Crippen LogP contribution in [-0.2, 0) is 6.42 Å². The van der Waals surface area contributed by atoms with Crippen LogP contribution in [0.15, 0.2) is 36.4 Å². The largest absolute Gasteiger partial charge is 0.314 e. The number of nitrogens with one attached hydrogen (secondary N) is 1. The molecule has 0 radical (unpaired) electrons. The van der Waals surface area contributed by atoms with Crippen LogP contribution in [0.1, 0.15) is 50.7 Å². The first kappa shape index (κ1) is 16.0. The lowest BCUT2D eigenvalue weighted by Crippen LogP contribution is -2.30. The standard InChI is InChI=1S/C18H29N/c1-5-13-19-18(14-15(3)6-2)12-11-17-9-7-16(4)8-10-17/h7-10,18-19H,3,5-6,11-14H2,1-2,4H3. The summed E-state index contributed by atoms with van der Waals surface area (Å²) in [5.41, 5.74) is 4.14. The van der Waals surface area contributed by atoms with E-state index in [1.54, 1.807) is 0 Å². The van der Waals surface area contributed by atoms with Gasteiger partial charge in [-0.15, -0.1) is 0 Å². The van der Waals surface area contributed by atoms with Crippen LogP contribution >= 0.6 is 0 Å². The lowest BCUT2D eigenvalue weighted by molar-refractivity contribution is 0.473. The van der Waals surface area contributed by atoms with Crippen molar-refractivity contribution >= 4 is 0 Å². The molecule has 0 spiro atoms. The highest BCUT2D eigenvalue weighted by molar-refractivity contribution is 5.21. The average molecular weight is 259 g/mol. The minimum absolute atomic E-state index is 0.578. The fraction of sp³-hybridized carbons (Fsp3) is 0.556. The van der Waals surface area contributed by atoms with Crippen LogP contribution in [0.5, 0.6) is 0 Å². The third-order valence-corrected chi connectivity index (χ3v) is 3.62. The quantitative estimate of drug-likeness (QED) is 0.636. The van der Waals surface area contributed by atoms with Gasteiger partial charge in [0, 0.05) is 6.04 Å². The summed E-state index contributed by atoms with van der Waals surface area (Å²) in [5.74, 6) is 0. The zero-order chi connectivity index (χ0) is 14.1. The highest BCUT2D eigenvalue weighted by Crippen LogP contribution is 2.13. The Hall–Kier alpha value is -1.08. The van der Waals surface area contributed by atoms with Crippen molar-refractivity contribution in [2.45, 2.75) is 58.9 Å². The second-order valence-corrected chi connectivity index (χ2v) is 5.48. The van der Waals surface area contributed by atoms with E-state index in [2.05, 4.69) is 56.9 Å². The Morgan fingerprint density at radius 2 is 1.89 bits per heavy atom. The van der Waals surface area contributed by atoms with Gasteiger partial charge in [0.2, 0.25) is 0 Å². The number of aryl methyl sites for hydroxylation is 2. The number of hydrogen-bond donors (Lipinski definition) is 1. The first-order valence-electron chi connectivity index (χ1n) is 7.61. The van der Waals surface area contributed by atoms with E-state index in [4.69, 9.17) is 0 Å². The molecule has 1 N–H and O–H groups in total. The van der Waals surface area contributed by atoms with Crippen molar-refractivity contribution in [3.8, 4) is 0 Å². The molecular weight excluding hydrogens is 230 g/mol. The zero-order valence-electron chi connectivity index (χ0n) is 12.8. The molecular formula is C18H29N. The predicted octanol–water partition coefficient (Wildman–Crippen LogP) is 4.65. The topological polar surface area (TPSA) is 12.0 Å². The fourth-order valence-corrected chi connectivity index (χ4v) is 2.21. The van der Waals surface area contributed by atoms with E-state index in [1.807, 2.05) is 0 Å². The third kappa shape index (κ3) is 6.58. The van der Waals surface area contributed by atoms with Gasteiger partial charge in [0.15, 0.2) is 0 Å². The Labute approximate surface area is 119 Å². The second-order valence-electron chi connectivity index (χ2n) is 5.48. The summed E-state index contributed by atoms with van der Waals surface area (Å²) < 4.78 is 0. The van der Waals surface area contributed by atoms with Crippen LogP contribution in [0.4, 0.5) is 0 Å². The molecule has 0 aromatic heterocycles. The van der Waals surface area contributed by atoms with Gasteiger partial charge in [-0.25, -0.2) is 0 Å². The Kier molecular flexibility index (Phi) is 7.50. The van der Waals surface area contributed by atoms with Gasteiger partial charge in [0.1, 0.15) is 0 Å². The fourth-order valence-electron chi connectivity index (χ4n) is 2.21. The highest BCUT2D eigenvalue weighted by atomic mass is 14.9. The van der Waals surface area contributed by atoms with Crippen LogP contribution in [0.2, 0.25) is 0 Å². The molecule has 19 heavy (non-hydrogen) atoms. The Morgan fingerprint density at radius 3 is 2.47 bits per heavy atom. The SMILES string of the molecule is C=C(CC)CC(CCc1ccc(C)cc1)NCCC. The van der Waals surface area contributed by atoms with E-state index in [-0.39, 0.29) is 0 Å². The highest BCUT2D eigenvalue weighted by Gasteiger charge is 2.09. The molecule has 1 aromatic rings. The van der Waals surface area contributed by atoms with E-state index in [0.29, 0.717) is 6.04 Å². The summed E-state index contributed by atoms with van der Waals surface area (Å²) in [6.07, 6.45) is 5.75. The summed E-state index contributed by atoms with van der Waals surface area (Å²) >= 11 is 0. The molecule has 0 saturated carbocycles. The number of benzene rings is 1. The van der Waals surface area contributed by atoms with Crippen LogP contribution in [0.25, 0.3) is 0 Å². The summed E-state index contributed by atoms with van der Waals surface area (Å²) in [4.78, 5) is 0. The van der Waals surface area contributed by atoms with Crippen molar-refractivity contribution in [3.05, 3.63) is 47.5 Å². The lowest BCUT2D eigenvalue weighted by Gasteiger charge is -2.19. The van der Waals surface area contributed by atoms with Gasteiger partial charge in [-0.2, -0.15) is 0 Å². The number of hydrogen-bond acceptors (Lipinski definition) is 1. The van der Waals surface area contributed by atoms with Crippen molar-refractivity contribution < 1.29 is 0 Å². The smallest absolute Gasteiger partial charge is 0.0107 e. The molecule has 0 amide bonds. The van der Waals surface area contributed by atoms with E-state index in [9.17, 15) is 0 Å². The molecule has 0 aliphatic rings. The molecule has 0 fully saturated rings. The van der Waals surface area contributed by atoms with Gasteiger partial charge in [0.25, 0.3) is 0 Å². The molecule has 0 aliphatic heterocycles. The molecule has 106 valence electrons. The number of rotatable bonds is 9. The second kappa shape index (κ2) is 8.92. The van der Waals surface area contributed by atoms with Crippen molar-refractivity contribution in [1.82, 2.24) is 5.32 Å². The Balaban J connectivity index is 2.46. The maximum Gasteiger partial charge on any atom is 0.0107 e. The normalized spacial score (nSPS) is 12.4. The zero-order valence-corrected chi connectivity index (χ0v) is 12.8. The van der Waals surface area contributed by atoms with Crippen molar-refractivity contribution in [2.24, 2.45) is 0 Å². The molecule has 1 heteroatoms. The molecule has 1 atom stereocenters. The maximum absolute atomic E-state index is 4.15. The van der Waals surface area contributed by atoms with E-state index in [1.165, 1.54) is 29.5 Å². The van der Waals surface area contributed by atoms with E-state index >= 15 is 0 Å². The molecule has 1 rings (SSSR count). The lowest BCUT2D eigenvalue weighted by atomic mass is 9.98. The minimum Gasteiger partial charge on any atom is -0.314 e. The Morgan fingerprint density at radius 1 is 1.21 bits per heavy atom. The molecule has 1 aromatic carbocycles. The molecule has 0 heterocycles. The molecule has 1 unspecified atom stereocenters. The summed E-state index contributed by atoms with van der Waals surface area (Å²) in [6, 6.07) is 9.49. The van der Waals surface area contributed by atoms with Crippen LogP contribution in [0, 0.1) is 6.92 Å². The van der Waals surface area contributed by atoms with Crippen molar-refractivity contribution in [2.75, 3.05) is 6.54 Å². The molecule has 0 saturated heterocycles. The van der Waals surface area contributed by atoms with Gasteiger partial charge in [-0.05, 0) is 51.1 Å². The summed E-state index contributed by atoms with van der Waals surface area (Å²) in [7, 11) is 0. The monoisotopic (exact) mass is 259 g/mol. The predicted molar refractivity (Wildman–Crippen MR) is 85.6 cm³/mol. The maximum atomic E-state index is 4.15. The van der Waals surface area contributed by atoms with Crippen LogP contribution < -0.4 is 5.32 Å². The van der Waals surface area contributed by atoms with E-state index in [0.717, 1.165) is 25.8 Å². The summed E-state index contributed by atoms with van der Waals surface area (Å²) in [6.45, 7) is 11.8. The third-order valence-electron chi connectivity index (χ3n) is 3.62. The summed E-state index contributed by atoms with van der Waals surface area (Å²) in [5, 5.41) is 3.66. The average Bonchev–Trinajstić information content (AvgIpc) is 2.43. The minimum atomic E-state index is 0.578. The van der Waals surface area contributed by atoms with Gasteiger partial charge in [-0.1, -0.05) is 55.8 Å². The van der Waals surface area contributed by atoms with Crippen molar-refractivity contribution in [1.29, 1.82) is 0 Å². The molecule has 0 bridgehead atoms. The Bertz CT molecular complexity index is 364.